The molecule has 1 aliphatic heterocycles. The summed E-state index contributed by atoms with van der Waals surface area (Å²) < 4.78 is 5.45. The van der Waals surface area contributed by atoms with Crippen LogP contribution in [0.1, 0.15) is 5.56 Å². The fourth-order valence-electron chi connectivity index (χ4n) is 1.56. The predicted octanol–water partition coefficient (Wildman–Crippen LogP) is 0.536. The molecular formula is C10H13NO3. The van der Waals surface area contributed by atoms with Crippen LogP contribution in [0.25, 0.3) is 0 Å². The molecule has 2 N–H and O–H groups in total. The van der Waals surface area contributed by atoms with Crippen LogP contribution < -0.4 is 4.74 Å². The van der Waals surface area contributed by atoms with Gasteiger partial charge >= 0.3 is 0 Å². The summed E-state index contributed by atoms with van der Waals surface area (Å²) in [6, 6.07) is 5.07. The second kappa shape index (κ2) is 3.86. The van der Waals surface area contributed by atoms with E-state index in [0.717, 1.165) is 11.3 Å². The zero-order valence-corrected chi connectivity index (χ0v) is 7.81. The van der Waals surface area contributed by atoms with E-state index >= 15 is 0 Å². The first-order valence-electron chi connectivity index (χ1n) is 4.57. The Kier molecular flexibility index (Phi) is 2.56. The first kappa shape index (κ1) is 9.30. The Morgan fingerprint density at radius 3 is 3.07 bits per heavy atom. The third-order valence-corrected chi connectivity index (χ3v) is 2.26. The summed E-state index contributed by atoms with van der Waals surface area (Å²) in [5.74, 6) is 1.06. The lowest BCUT2D eigenvalue weighted by molar-refractivity contribution is 0.0770. The van der Waals surface area contributed by atoms with Crippen LogP contribution in [0.4, 0.5) is 0 Å². The van der Waals surface area contributed by atoms with Gasteiger partial charge in [0.25, 0.3) is 0 Å². The van der Waals surface area contributed by atoms with Crippen LogP contribution in [0.5, 0.6) is 11.5 Å². The number of β-amino-alcohol motifs (C(OH)–C–C–N with tert-alkyl or cyclic N) is 1. The van der Waals surface area contributed by atoms with E-state index in [9.17, 15) is 5.11 Å². The summed E-state index contributed by atoms with van der Waals surface area (Å²) in [4.78, 5) is 1.97. The summed E-state index contributed by atoms with van der Waals surface area (Å²) >= 11 is 0. The minimum atomic E-state index is 0.123. The van der Waals surface area contributed by atoms with Crippen LogP contribution in [0.2, 0.25) is 0 Å². The largest absolute Gasteiger partial charge is 0.508 e. The maximum absolute atomic E-state index is 9.28. The fraction of sp³-hybridized carbons (Fsp3) is 0.400. The third kappa shape index (κ3) is 1.81. The van der Waals surface area contributed by atoms with E-state index in [0.29, 0.717) is 19.8 Å². The number of benzene rings is 1. The number of aliphatic hydroxyl groups is 1. The molecule has 4 nitrogen and oxygen atoms in total. The van der Waals surface area contributed by atoms with Gasteiger partial charge in [-0.2, -0.15) is 0 Å². The molecule has 0 spiro atoms. The SMILES string of the molecule is OCCN1COc2ccc(O)cc2C1. The van der Waals surface area contributed by atoms with Crippen molar-refractivity contribution in [2.24, 2.45) is 0 Å². The standard InChI is InChI=1S/C10H13NO3/c12-4-3-11-6-8-5-9(13)1-2-10(8)14-7-11/h1-2,5,12-13H,3-4,6-7H2. The molecule has 1 aromatic carbocycles. The van der Waals surface area contributed by atoms with Crippen LogP contribution in [-0.4, -0.2) is 35.0 Å². The molecule has 0 saturated heterocycles. The molecule has 76 valence electrons. The Morgan fingerprint density at radius 2 is 2.29 bits per heavy atom. The van der Waals surface area contributed by atoms with Crippen molar-refractivity contribution < 1.29 is 14.9 Å². The van der Waals surface area contributed by atoms with Crippen molar-refractivity contribution in [3.8, 4) is 11.5 Å². The van der Waals surface area contributed by atoms with E-state index < -0.39 is 0 Å². The van der Waals surface area contributed by atoms with Gasteiger partial charge in [0.1, 0.15) is 18.2 Å². The van der Waals surface area contributed by atoms with Gasteiger partial charge in [0.05, 0.1) is 6.61 Å². The first-order valence-corrected chi connectivity index (χ1v) is 4.57. The third-order valence-electron chi connectivity index (χ3n) is 2.26. The Bertz CT molecular complexity index is 327. The Morgan fingerprint density at radius 1 is 1.43 bits per heavy atom. The van der Waals surface area contributed by atoms with Crippen molar-refractivity contribution in [2.45, 2.75) is 6.54 Å². The monoisotopic (exact) mass is 195 g/mol. The highest BCUT2D eigenvalue weighted by molar-refractivity contribution is 5.40. The molecule has 0 bridgehead atoms. The topological polar surface area (TPSA) is 52.9 Å². The van der Waals surface area contributed by atoms with Crippen LogP contribution in [0.3, 0.4) is 0 Å². The molecule has 1 aromatic rings. The number of ether oxygens (including phenoxy) is 1. The van der Waals surface area contributed by atoms with E-state index in [-0.39, 0.29) is 12.4 Å². The van der Waals surface area contributed by atoms with Crippen LogP contribution >= 0.6 is 0 Å². The van der Waals surface area contributed by atoms with Gasteiger partial charge in [0.15, 0.2) is 0 Å². The molecule has 0 amide bonds. The van der Waals surface area contributed by atoms with Crippen molar-refractivity contribution in [3.05, 3.63) is 23.8 Å². The molecule has 0 saturated carbocycles. The Balaban J connectivity index is 2.16. The second-order valence-corrected chi connectivity index (χ2v) is 3.34. The van der Waals surface area contributed by atoms with Gasteiger partial charge in [-0.3, -0.25) is 4.90 Å². The average Bonchev–Trinajstić information content (AvgIpc) is 2.17. The van der Waals surface area contributed by atoms with Crippen molar-refractivity contribution >= 4 is 0 Å². The molecule has 1 aliphatic rings. The Hall–Kier alpha value is -1.26. The van der Waals surface area contributed by atoms with Crippen LogP contribution in [0.15, 0.2) is 18.2 Å². The highest BCUT2D eigenvalue weighted by atomic mass is 16.5. The average molecular weight is 195 g/mol. The van der Waals surface area contributed by atoms with Gasteiger partial charge in [0, 0.05) is 18.7 Å². The predicted molar refractivity (Wildman–Crippen MR) is 51.1 cm³/mol. The van der Waals surface area contributed by atoms with Crippen LogP contribution in [-0.2, 0) is 6.54 Å². The van der Waals surface area contributed by atoms with Gasteiger partial charge in [-0.05, 0) is 18.2 Å². The summed E-state index contributed by atoms with van der Waals surface area (Å²) in [5.41, 5.74) is 0.963. The lowest BCUT2D eigenvalue weighted by Gasteiger charge is -2.28. The van der Waals surface area contributed by atoms with Gasteiger partial charge in [-0.15, -0.1) is 0 Å². The number of nitrogens with zero attached hydrogens (tertiary/aromatic N) is 1. The molecule has 0 aromatic heterocycles. The fourth-order valence-corrected chi connectivity index (χ4v) is 1.56. The van der Waals surface area contributed by atoms with Crippen molar-refractivity contribution in [1.82, 2.24) is 4.90 Å². The number of aliphatic hydroxyl groups excluding tert-OH is 1. The highest BCUT2D eigenvalue weighted by Crippen LogP contribution is 2.27. The molecule has 0 unspecified atom stereocenters. The quantitative estimate of drug-likeness (QED) is 0.723. The minimum absolute atomic E-state index is 0.123. The number of phenolic OH excluding ortho intramolecular Hbond substituents is 1. The molecule has 14 heavy (non-hydrogen) atoms. The molecule has 0 fully saturated rings. The zero-order valence-electron chi connectivity index (χ0n) is 7.81. The maximum Gasteiger partial charge on any atom is 0.142 e. The number of phenols is 1. The summed E-state index contributed by atoms with van der Waals surface area (Å²) in [5, 5.41) is 18.1. The number of rotatable bonds is 2. The van der Waals surface area contributed by atoms with E-state index in [1.807, 2.05) is 4.90 Å². The van der Waals surface area contributed by atoms with Gasteiger partial charge in [-0.1, -0.05) is 0 Å². The second-order valence-electron chi connectivity index (χ2n) is 3.34. The first-order chi connectivity index (χ1) is 6.79. The number of aromatic hydroxyl groups is 1. The minimum Gasteiger partial charge on any atom is -0.508 e. The lowest BCUT2D eigenvalue weighted by Crippen LogP contribution is -2.34. The van der Waals surface area contributed by atoms with E-state index in [1.165, 1.54) is 0 Å². The molecule has 1 heterocycles. The molecular weight excluding hydrogens is 182 g/mol. The molecule has 0 aliphatic carbocycles. The number of hydrogen-bond acceptors (Lipinski definition) is 4. The molecule has 4 heteroatoms. The normalized spacial score (nSPS) is 16.1. The van der Waals surface area contributed by atoms with E-state index in [4.69, 9.17) is 9.84 Å². The molecule has 0 atom stereocenters. The van der Waals surface area contributed by atoms with Crippen molar-refractivity contribution in [3.63, 3.8) is 0 Å². The number of fused-ring (bicyclic) bond motifs is 1. The summed E-state index contributed by atoms with van der Waals surface area (Å²) in [6.07, 6.45) is 0. The number of hydrogen-bond donors (Lipinski definition) is 2. The molecule has 0 radical (unpaired) electrons. The van der Waals surface area contributed by atoms with Crippen molar-refractivity contribution in [1.29, 1.82) is 0 Å². The van der Waals surface area contributed by atoms with E-state index in [2.05, 4.69) is 0 Å². The Labute approximate surface area is 82.3 Å². The molecule has 2 rings (SSSR count). The van der Waals surface area contributed by atoms with Gasteiger partial charge in [0.2, 0.25) is 0 Å². The summed E-state index contributed by atoms with van der Waals surface area (Å²) in [7, 11) is 0. The van der Waals surface area contributed by atoms with Gasteiger partial charge < -0.3 is 14.9 Å². The maximum atomic E-state index is 9.28. The zero-order chi connectivity index (χ0) is 9.97. The van der Waals surface area contributed by atoms with Crippen LogP contribution in [0, 0.1) is 0 Å². The smallest absolute Gasteiger partial charge is 0.142 e. The highest BCUT2D eigenvalue weighted by Gasteiger charge is 2.16. The van der Waals surface area contributed by atoms with Gasteiger partial charge in [-0.25, -0.2) is 0 Å². The summed E-state index contributed by atoms with van der Waals surface area (Å²) in [6.45, 7) is 1.93. The lowest BCUT2D eigenvalue weighted by atomic mass is 10.1. The van der Waals surface area contributed by atoms with E-state index in [1.54, 1.807) is 18.2 Å². The van der Waals surface area contributed by atoms with Crippen molar-refractivity contribution in [2.75, 3.05) is 19.9 Å².